The van der Waals surface area contributed by atoms with Crippen LogP contribution in [-0.4, -0.2) is 17.1 Å². The van der Waals surface area contributed by atoms with Gasteiger partial charge in [-0.05, 0) is 17.7 Å². The number of benzene rings is 1. The predicted molar refractivity (Wildman–Crippen MR) is 94.5 cm³/mol. The van der Waals surface area contributed by atoms with Gasteiger partial charge in [0.15, 0.2) is 0 Å². The summed E-state index contributed by atoms with van der Waals surface area (Å²) in [4.78, 5) is 20.5. The summed E-state index contributed by atoms with van der Waals surface area (Å²) in [5.74, 6) is 0.698. The summed E-state index contributed by atoms with van der Waals surface area (Å²) in [6.45, 7) is 0. The molecule has 0 unspecified atom stereocenters. The highest BCUT2D eigenvalue weighted by atomic mass is 32.1. The Morgan fingerprint density at radius 2 is 2.28 bits per heavy atom. The molecule has 0 saturated carbocycles. The summed E-state index contributed by atoms with van der Waals surface area (Å²) in [5.41, 5.74) is 7.40. The van der Waals surface area contributed by atoms with Gasteiger partial charge in [-0.15, -0.1) is 0 Å². The van der Waals surface area contributed by atoms with Crippen LogP contribution in [0.5, 0.6) is 5.75 Å². The van der Waals surface area contributed by atoms with Crippen LogP contribution < -0.4 is 20.4 Å². The van der Waals surface area contributed by atoms with E-state index in [0.29, 0.717) is 32.9 Å². The lowest BCUT2D eigenvalue weighted by Gasteiger charge is -2.09. The summed E-state index contributed by atoms with van der Waals surface area (Å²) in [6.07, 6.45) is 1.80. The molecule has 4 rings (SSSR count). The Hall–Kier alpha value is -3.44. The number of fused-ring (bicyclic) bond motifs is 3. The molecule has 1 aromatic carbocycles. The summed E-state index contributed by atoms with van der Waals surface area (Å²) >= 11 is 1.38. The summed E-state index contributed by atoms with van der Waals surface area (Å²) in [5, 5.41) is 11.7. The van der Waals surface area contributed by atoms with Gasteiger partial charge < -0.3 is 10.5 Å². The standard InChI is InChI=1S/C17H11N5O2S/c1-24-10-4-2-3-9(7-10)12-11(8-18)14(19)20-15-13(12)16(23)21-17-22(15)5-6-25-17/h2-7H,1H3,(H2,19,20,23)/p+1. The van der Waals surface area contributed by atoms with E-state index in [-0.39, 0.29) is 16.9 Å². The molecular weight excluding hydrogens is 338 g/mol. The summed E-state index contributed by atoms with van der Waals surface area (Å²) in [7, 11) is 1.56. The third-order valence-corrected chi connectivity index (χ3v) is 4.74. The van der Waals surface area contributed by atoms with Crippen LogP contribution in [0.4, 0.5) is 5.82 Å². The topological polar surface area (TPSA) is 109 Å². The Morgan fingerprint density at radius 3 is 3.04 bits per heavy atom. The number of nitrogens with two attached hydrogens (primary N) is 1. The largest absolute Gasteiger partial charge is 0.497 e. The first-order valence-corrected chi connectivity index (χ1v) is 8.21. The molecule has 0 bridgehead atoms. The molecule has 8 heteroatoms. The molecule has 0 aliphatic heterocycles. The number of ether oxygens (including phenoxy) is 1. The van der Waals surface area contributed by atoms with Crippen LogP contribution in [0.25, 0.3) is 27.1 Å². The zero-order chi connectivity index (χ0) is 17.6. The van der Waals surface area contributed by atoms with Gasteiger partial charge in [-0.3, -0.25) is 4.79 Å². The van der Waals surface area contributed by atoms with Gasteiger partial charge in [0, 0.05) is 10.9 Å². The number of thiazole rings is 1. The number of nitrogens with one attached hydrogen (secondary N) is 1. The SMILES string of the molecule is COc1cccc(-c2c(C#N)c(N)nc3c2c(=O)[nH]c2scc[n+]23)c1. The van der Waals surface area contributed by atoms with Gasteiger partial charge in [0.2, 0.25) is 5.82 Å². The lowest BCUT2D eigenvalue weighted by Crippen LogP contribution is -2.28. The average Bonchev–Trinajstić information content (AvgIpc) is 3.09. The fourth-order valence-corrected chi connectivity index (χ4v) is 3.58. The van der Waals surface area contributed by atoms with Crippen molar-refractivity contribution in [2.45, 2.75) is 0 Å². The summed E-state index contributed by atoms with van der Waals surface area (Å²) < 4.78 is 7.01. The van der Waals surface area contributed by atoms with Gasteiger partial charge in [0.1, 0.15) is 22.8 Å². The maximum Gasteiger partial charge on any atom is 0.319 e. The molecular formula is C17H12N5O2S+. The lowest BCUT2D eigenvalue weighted by molar-refractivity contribution is -0.482. The third-order valence-electron chi connectivity index (χ3n) is 3.96. The number of rotatable bonds is 2. The van der Waals surface area contributed by atoms with E-state index < -0.39 is 0 Å². The molecule has 0 spiro atoms. The van der Waals surface area contributed by atoms with E-state index in [9.17, 15) is 10.1 Å². The molecule has 3 aromatic heterocycles. The van der Waals surface area contributed by atoms with Crippen molar-refractivity contribution in [2.75, 3.05) is 12.8 Å². The number of anilines is 1. The normalized spacial score (nSPS) is 10.9. The molecule has 0 radical (unpaired) electrons. The van der Waals surface area contributed by atoms with Crippen LogP contribution in [0.3, 0.4) is 0 Å². The average molecular weight is 350 g/mol. The van der Waals surface area contributed by atoms with E-state index in [1.54, 1.807) is 42.0 Å². The molecule has 122 valence electrons. The molecule has 0 amide bonds. The highest BCUT2D eigenvalue weighted by molar-refractivity contribution is 7.14. The quantitative estimate of drug-likeness (QED) is 0.536. The van der Waals surface area contributed by atoms with E-state index in [1.807, 2.05) is 5.38 Å². The maximum absolute atomic E-state index is 12.7. The van der Waals surface area contributed by atoms with Crippen molar-refractivity contribution in [3.05, 3.63) is 51.8 Å². The Kier molecular flexibility index (Phi) is 3.37. The molecule has 0 saturated heterocycles. The molecule has 0 atom stereocenters. The minimum absolute atomic E-state index is 0.0819. The molecule has 0 aliphatic rings. The Morgan fingerprint density at radius 1 is 1.44 bits per heavy atom. The van der Waals surface area contributed by atoms with E-state index in [1.165, 1.54) is 11.3 Å². The molecule has 0 aliphatic carbocycles. The van der Waals surface area contributed by atoms with Gasteiger partial charge in [0.05, 0.1) is 13.3 Å². The Balaban J connectivity index is 2.25. The second kappa shape index (κ2) is 5.58. The second-order valence-electron chi connectivity index (χ2n) is 5.32. The number of nitriles is 1. The highest BCUT2D eigenvalue weighted by Crippen LogP contribution is 2.33. The third kappa shape index (κ3) is 2.21. The van der Waals surface area contributed by atoms with Crippen molar-refractivity contribution in [2.24, 2.45) is 0 Å². The molecule has 25 heavy (non-hydrogen) atoms. The van der Waals surface area contributed by atoms with E-state index in [4.69, 9.17) is 10.5 Å². The Bertz CT molecular complexity index is 1240. The lowest BCUT2D eigenvalue weighted by atomic mass is 9.98. The van der Waals surface area contributed by atoms with Crippen LogP contribution in [0.15, 0.2) is 40.6 Å². The number of pyridine rings is 1. The van der Waals surface area contributed by atoms with Crippen LogP contribution in [-0.2, 0) is 0 Å². The van der Waals surface area contributed by atoms with E-state index in [0.717, 1.165) is 0 Å². The maximum atomic E-state index is 12.7. The number of nitrogens with zero attached hydrogens (tertiary/aromatic N) is 3. The minimum Gasteiger partial charge on any atom is -0.497 e. The zero-order valence-corrected chi connectivity index (χ0v) is 13.9. The Labute approximate surface area is 145 Å². The number of hydrogen-bond acceptors (Lipinski definition) is 6. The van der Waals surface area contributed by atoms with Crippen molar-refractivity contribution in [3.8, 4) is 22.9 Å². The fourth-order valence-electron chi connectivity index (χ4n) is 2.86. The number of nitrogen functional groups attached to an aromatic ring is 1. The van der Waals surface area contributed by atoms with E-state index in [2.05, 4.69) is 16.0 Å². The van der Waals surface area contributed by atoms with E-state index >= 15 is 0 Å². The molecule has 4 aromatic rings. The minimum atomic E-state index is -0.320. The number of hydrogen-bond donors (Lipinski definition) is 2. The zero-order valence-electron chi connectivity index (χ0n) is 13.1. The summed E-state index contributed by atoms with van der Waals surface area (Å²) in [6, 6.07) is 9.22. The van der Waals surface area contributed by atoms with Gasteiger partial charge in [0.25, 0.3) is 10.6 Å². The first kappa shape index (κ1) is 15.1. The predicted octanol–water partition coefficient (Wildman–Crippen LogP) is 1.85. The monoisotopic (exact) mass is 350 g/mol. The molecule has 7 nitrogen and oxygen atoms in total. The van der Waals surface area contributed by atoms with Gasteiger partial charge in [-0.2, -0.15) is 9.66 Å². The second-order valence-corrected chi connectivity index (χ2v) is 6.22. The van der Waals surface area contributed by atoms with Crippen molar-refractivity contribution >= 4 is 33.1 Å². The smallest absolute Gasteiger partial charge is 0.319 e. The van der Waals surface area contributed by atoms with Crippen molar-refractivity contribution in [1.82, 2.24) is 9.97 Å². The number of methoxy groups -OCH3 is 1. The fraction of sp³-hybridized carbons (Fsp3) is 0.0588. The first-order chi connectivity index (χ1) is 12.1. The number of H-pyrrole nitrogens is 1. The molecule has 3 N–H and O–H groups in total. The van der Waals surface area contributed by atoms with Gasteiger partial charge in [-0.25, -0.2) is 4.98 Å². The first-order valence-electron chi connectivity index (χ1n) is 7.33. The van der Waals surface area contributed by atoms with Crippen LogP contribution in [0, 0.1) is 11.3 Å². The number of aromatic amines is 1. The van der Waals surface area contributed by atoms with Gasteiger partial charge >= 0.3 is 5.56 Å². The van der Waals surface area contributed by atoms with Crippen LogP contribution >= 0.6 is 11.3 Å². The van der Waals surface area contributed by atoms with Gasteiger partial charge in [-0.1, -0.05) is 28.5 Å². The van der Waals surface area contributed by atoms with Crippen LogP contribution in [0.1, 0.15) is 5.56 Å². The molecule has 0 fully saturated rings. The molecule has 3 heterocycles. The highest BCUT2D eigenvalue weighted by Gasteiger charge is 2.25. The van der Waals surface area contributed by atoms with Crippen LogP contribution in [0.2, 0.25) is 0 Å². The van der Waals surface area contributed by atoms with Crippen molar-refractivity contribution in [3.63, 3.8) is 0 Å². The number of aromatic nitrogens is 3. The van der Waals surface area contributed by atoms with Crippen molar-refractivity contribution < 1.29 is 9.14 Å². The van der Waals surface area contributed by atoms with Crippen molar-refractivity contribution in [1.29, 1.82) is 5.26 Å².